The molecule has 1 N–H and O–H groups in total. The Labute approximate surface area is 95.3 Å². The van der Waals surface area contributed by atoms with Crippen LogP contribution < -0.4 is 0 Å². The molecule has 0 saturated heterocycles. The van der Waals surface area contributed by atoms with Crippen molar-refractivity contribution in [2.45, 2.75) is 23.3 Å². The van der Waals surface area contributed by atoms with Crippen molar-refractivity contribution < 1.29 is 14.7 Å². The van der Waals surface area contributed by atoms with Crippen LogP contribution in [0.25, 0.3) is 0 Å². The minimum absolute atomic E-state index is 0.0988. The van der Waals surface area contributed by atoms with Crippen LogP contribution in [0.2, 0.25) is 0 Å². The van der Waals surface area contributed by atoms with Gasteiger partial charge >= 0.3 is 5.97 Å². The van der Waals surface area contributed by atoms with E-state index in [-0.39, 0.29) is 11.5 Å². The summed E-state index contributed by atoms with van der Waals surface area (Å²) in [4.78, 5) is 30.8. The van der Waals surface area contributed by atoms with Crippen LogP contribution in [-0.4, -0.2) is 39.0 Å². The summed E-state index contributed by atoms with van der Waals surface area (Å²) >= 11 is 2.80. The monoisotopic (exact) mass is 249 g/mol. The number of aliphatic carboxylic acids is 1. The maximum Gasteiger partial charge on any atom is 0.313 e. The molecule has 0 bridgehead atoms. The van der Waals surface area contributed by atoms with Gasteiger partial charge in [0.1, 0.15) is 0 Å². The van der Waals surface area contributed by atoms with E-state index < -0.39 is 11.9 Å². The predicted molar refractivity (Wildman–Crippen MR) is 60.2 cm³/mol. The minimum Gasteiger partial charge on any atom is -0.481 e. The topological polar surface area (TPSA) is 83.8 Å². The molecule has 84 valence electrons. The number of hydrogen-bond donors (Lipinski definition) is 1. The van der Waals surface area contributed by atoms with Gasteiger partial charge in [-0.1, -0.05) is 0 Å². The first-order valence-electron chi connectivity index (χ1n) is 4.44. The van der Waals surface area contributed by atoms with E-state index in [1.54, 1.807) is 0 Å². The molecule has 1 aliphatic rings. The largest absolute Gasteiger partial charge is 0.481 e. The lowest BCUT2D eigenvalue weighted by Gasteiger charge is -2.34. The van der Waals surface area contributed by atoms with E-state index in [2.05, 4.69) is 5.18 Å². The third-order valence-corrected chi connectivity index (χ3v) is 5.08. The number of rotatable bonds is 6. The molecule has 0 aromatic carbocycles. The molecule has 15 heavy (non-hydrogen) atoms. The number of carbonyl (C=O) groups excluding carboxylic acids is 1. The average Bonchev–Trinajstić information content (AvgIpc) is 2.15. The van der Waals surface area contributed by atoms with Crippen molar-refractivity contribution in [3.8, 4) is 0 Å². The molecule has 0 aromatic rings. The van der Waals surface area contributed by atoms with E-state index >= 15 is 0 Å². The fourth-order valence-electron chi connectivity index (χ4n) is 1.20. The van der Waals surface area contributed by atoms with Crippen LogP contribution in [0.5, 0.6) is 0 Å². The highest BCUT2D eigenvalue weighted by atomic mass is 32.2. The molecule has 7 heteroatoms. The number of carboxylic acid groups (broad SMARTS) is 1. The van der Waals surface area contributed by atoms with Gasteiger partial charge in [-0.25, -0.2) is 0 Å². The third-order valence-electron chi connectivity index (χ3n) is 2.09. The second-order valence-corrected chi connectivity index (χ2v) is 5.61. The summed E-state index contributed by atoms with van der Waals surface area (Å²) < 4.78 is 0. The molecule has 0 radical (unpaired) electrons. The molecule has 1 aliphatic carbocycles. The Morgan fingerprint density at radius 2 is 1.73 bits per heavy atom. The molecule has 2 unspecified atom stereocenters. The Bertz CT molecular complexity index is 271. The molecule has 1 saturated carbocycles. The van der Waals surface area contributed by atoms with E-state index in [1.807, 2.05) is 0 Å². The maximum absolute atomic E-state index is 10.6. The van der Waals surface area contributed by atoms with Gasteiger partial charge in [-0.05, 0) is 12.8 Å². The smallest absolute Gasteiger partial charge is 0.313 e. The van der Waals surface area contributed by atoms with Gasteiger partial charge in [0.05, 0.1) is 11.5 Å². The molecule has 2 atom stereocenters. The average molecular weight is 249 g/mol. The van der Waals surface area contributed by atoms with Crippen LogP contribution in [-0.2, 0) is 9.59 Å². The van der Waals surface area contributed by atoms with Gasteiger partial charge in [0.15, 0.2) is 0 Å². The maximum atomic E-state index is 10.6. The van der Waals surface area contributed by atoms with Crippen molar-refractivity contribution in [2.24, 2.45) is 5.18 Å². The van der Waals surface area contributed by atoms with Crippen LogP contribution >= 0.6 is 23.5 Å². The zero-order valence-electron chi connectivity index (χ0n) is 7.92. The van der Waals surface area contributed by atoms with Gasteiger partial charge < -0.3 is 5.11 Å². The third kappa shape index (κ3) is 4.21. The van der Waals surface area contributed by atoms with Gasteiger partial charge in [0.2, 0.25) is 0 Å². The number of hydrogen-bond acceptors (Lipinski definition) is 5. The van der Waals surface area contributed by atoms with Gasteiger partial charge in [0.25, 0.3) is 5.91 Å². The summed E-state index contributed by atoms with van der Waals surface area (Å²) in [6.45, 7) is 0. The van der Waals surface area contributed by atoms with E-state index in [0.29, 0.717) is 10.5 Å². The van der Waals surface area contributed by atoms with Gasteiger partial charge in [-0.2, -0.15) is 0 Å². The minimum atomic E-state index is -0.818. The molecule has 0 aliphatic heterocycles. The number of nitrogens with zero attached hydrogens (tertiary/aromatic N) is 1. The molecule has 0 spiro atoms. The summed E-state index contributed by atoms with van der Waals surface area (Å²) in [5.41, 5.74) is 0. The van der Waals surface area contributed by atoms with Crippen molar-refractivity contribution in [1.29, 1.82) is 0 Å². The Morgan fingerprint density at radius 3 is 2.13 bits per heavy atom. The van der Waals surface area contributed by atoms with E-state index in [4.69, 9.17) is 5.11 Å². The molecule has 0 aromatic heterocycles. The summed E-state index contributed by atoms with van der Waals surface area (Å²) in [7, 11) is 0. The summed E-state index contributed by atoms with van der Waals surface area (Å²) in [5.74, 6) is -1.25. The zero-order chi connectivity index (χ0) is 11.3. The first-order valence-corrected chi connectivity index (χ1v) is 6.54. The number of thioether (sulfide) groups is 2. The highest BCUT2D eigenvalue weighted by Crippen LogP contribution is 2.39. The Morgan fingerprint density at radius 1 is 1.20 bits per heavy atom. The van der Waals surface area contributed by atoms with Crippen molar-refractivity contribution in [2.75, 3.05) is 11.5 Å². The van der Waals surface area contributed by atoms with Crippen LogP contribution in [0, 0.1) is 4.91 Å². The lowest BCUT2D eigenvalue weighted by Crippen LogP contribution is -2.33. The van der Waals surface area contributed by atoms with E-state index in [9.17, 15) is 14.5 Å². The fraction of sp³-hybridized carbons (Fsp3) is 0.750. The standard InChI is InChI=1S/C8H11NO4S2/c10-7(9-13)3-14-5-1-2-6(5)15-4-8(11)12/h5-6H,1-4H2,(H,11,12). The summed E-state index contributed by atoms with van der Waals surface area (Å²) in [5, 5.41) is 11.4. The van der Waals surface area contributed by atoms with E-state index in [0.717, 1.165) is 12.8 Å². The Balaban J connectivity index is 2.17. The van der Waals surface area contributed by atoms with Crippen molar-refractivity contribution in [1.82, 2.24) is 0 Å². The van der Waals surface area contributed by atoms with Crippen LogP contribution in [0.15, 0.2) is 5.18 Å². The van der Waals surface area contributed by atoms with Crippen molar-refractivity contribution in [3.63, 3.8) is 0 Å². The van der Waals surface area contributed by atoms with Gasteiger partial charge in [0, 0.05) is 15.7 Å². The van der Waals surface area contributed by atoms with E-state index in [1.165, 1.54) is 23.5 Å². The molecule has 1 rings (SSSR count). The highest BCUT2D eigenvalue weighted by molar-refractivity contribution is 8.04. The second kappa shape index (κ2) is 6.12. The molecular formula is C8H11NO4S2. The lowest BCUT2D eigenvalue weighted by molar-refractivity contribution is -0.133. The molecule has 5 nitrogen and oxygen atoms in total. The molecule has 0 heterocycles. The lowest BCUT2D eigenvalue weighted by atomic mass is 9.99. The van der Waals surface area contributed by atoms with Crippen LogP contribution in [0.1, 0.15) is 12.8 Å². The number of carboxylic acids is 1. The van der Waals surface area contributed by atoms with Crippen molar-refractivity contribution >= 4 is 35.4 Å². The van der Waals surface area contributed by atoms with Gasteiger partial charge in [-0.3, -0.25) is 9.59 Å². The SMILES string of the molecule is O=NC(=O)CSC1CCC1SCC(=O)O. The number of nitroso groups, excluding NO2 is 1. The van der Waals surface area contributed by atoms with Crippen molar-refractivity contribution in [3.05, 3.63) is 4.91 Å². The summed E-state index contributed by atoms with van der Waals surface area (Å²) in [6.07, 6.45) is 1.96. The normalized spacial score (nSPS) is 24.3. The van der Waals surface area contributed by atoms with Gasteiger partial charge in [-0.15, -0.1) is 28.4 Å². The van der Waals surface area contributed by atoms with Crippen LogP contribution in [0.3, 0.4) is 0 Å². The molecule has 1 amide bonds. The Kier molecular flexibility index (Phi) is 5.10. The van der Waals surface area contributed by atoms with Crippen LogP contribution in [0.4, 0.5) is 0 Å². The fourth-order valence-corrected chi connectivity index (χ4v) is 3.75. The number of carbonyl (C=O) groups is 2. The number of amides is 1. The molecular weight excluding hydrogens is 238 g/mol. The summed E-state index contributed by atoms with van der Waals surface area (Å²) in [6, 6.07) is 0. The highest BCUT2D eigenvalue weighted by Gasteiger charge is 2.32. The zero-order valence-corrected chi connectivity index (χ0v) is 9.55. The molecule has 1 fully saturated rings. The first-order chi connectivity index (χ1) is 7.13. The predicted octanol–water partition coefficient (Wildman–Crippen LogP) is 1.36. The first kappa shape index (κ1) is 12.5. The Hall–Kier alpha value is -0.560. The quantitative estimate of drug-likeness (QED) is 0.715. The second-order valence-electron chi connectivity index (χ2n) is 3.16.